The van der Waals surface area contributed by atoms with Gasteiger partial charge in [-0.25, -0.2) is 0 Å². The van der Waals surface area contributed by atoms with Gasteiger partial charge in [-0.3, -0.25) is 35.3 Å². The summed E-state index contributed by atoms with van der Waals surface area (Å²) in [6.07, 6.45) is 2.41. The van der Waals surface area contributed by atoms with Crippen LogP contribution in [-0.4, -0.2) is 27.8 Å². The Hall–Kier alpha value is -2.97. The Morgan fingerprint density at radius 1 is 1.04 bits per heavy atom. The maximum absolute atomic E-state index is 12.1. The average Bonchev–Trinajstić information content (AvgIpc) is 2.59. The molecule has 128 valence electrons. The largest absolute Gasteiger partial charge is 0.481 e. The number of amides is 2. The van der Waals surface area contributed by atoms with Gasteiger partial charge >= 0.3 is 5.97 Å². The van der Waals surface area contributed by atoms with Gasteiger partial charge in [-0.15, -0.1) is 0 Å². The molecule has 0 aliphatic heterocycles. The van der Waals surface area contributed by atoms with Gasteiger partial charge in [0.2, 0.25) is 5.91 Å². The van der Waals surface area contributed by atoms with Gasteiger partial charge in [0.1, 0.15) is 0 Å². The Morgan fingerprint density at radius 3 is 2.17 bits per heavy atom. The second-order valence-electron chi connectivity index (χ2n) is 5.58. The van der Waals surface area contributed by atoms with E-state index in [9.17, 15) is 24.5 Å². The Labute approximate surface area is 137 Å². The molecule has 0 heterocycles. The number of nitro groups is 1. The maximum Gasteiger partial charge on any atom is 0.307 e. The molecule has 1 saturated carbocycles. The van der Waals surface area contributed by atoms with Gasteiger partial charge in [-0.2, -0.15) is 0 Å². The number of carboxylic acids is 1. The molecule has 1 aromatic carbocycles. The van der Waals surface area contributed by atoms with E-state index in [0.717, 1.165) is 12.8 Å². The molecule has 1 aliphatic carbocycles. The number of nitro benzene ring substituents is 1. The third kappa shape index (κ3) is 4.06. The van der Waals surface area contributed by atoms with Crippen molar-refractivity contribution in [2.24, 2.45) is 11.8 Å². The first-order chi connectivity index (χ1) is 11.4. The molecule has 9 heteroatoms. The topological polar surface area (TPSA) is 139 Å². The van der Waals surface area contributed by atoms with Crippen LogP contribution in [0.4, 0.5) is 5.69 Å². The number of nitrogens with one attached hydrogen (secondary N) is 2. The molecule has 0 aromatic heterocycles. The highest BCUT2D eigenvalue weighted by Gasteiger charge is 2.35. The van der Waals surface area contributed by atoms with E-state index in [-0.39, 0.29) is 11.3 Å². The summed E-state index contributed by atoms with van der Waals surface area (Å²) in [6, 6.07) is 4.89. The lowest BCUT2D eigenvalue weighted by atomic mass is 9.79. The quantitative estimate of drug-likeness (QED) is 0.559. The molecule has 1 fully saturated rings. The summed E-state index contributed by atoms with van der Waals surface area (Å²) in [7, 11) is 0. The number of carboxylic acid groups (broad SMARTS) is 1. The number of benzene rings is 1. The number of nitrogens with zero attached hydrogens (tertiary/aromatic N) is 1. The van der Waals surface area contributed by atoms with Crippen LogP contribution in [-0.2, 0) is 9.59 Å². The fourth-order valence-corrected chi connectivity index (χ4v) is 2.76. The number of hydrogen-bond acceptors (Lipinski definition) is 5. The third-order valence-corrected chi connectivity index (χ3v) is 4.06. The lowest BCUT2D eigenvalue weighted by molar-refractivity contribution is -0.384. The number of hydrogen-bond donors (Lipinski definition) is 3. The SMILES string of the molecule is O=C(NNC(=O)C1CCCCC1C(=O)O)c1ccc([N+](=O)[O-])cc1. The van der Waals surface area contributed by atoms with Crippen LogP contribution in [0.2, 0.25) is 0 Å². The van der Waals surface area contributed by atoms with Crippen molar-refractivity contribution in [3.63, 3.8) is 0 Å². The molecule has 9 nitrogen and oxygen atoms in total. The zero-order valence-electron chi connectivity index (χ0n) is 12.7. The standard InChI is InChI=1S/C15H17N3O6/c19-13(9-5-7-10(8-6-9)18(23)24)16-17-14(20)11-3-1-2-4-12(11)15(21)22/h5-8,11-12H,1-4H2,(H,16,19)(H,17,20)(H,21,22). The molecule has 0 spiro atoms. The third-order valence-electron chi connectivity index (χ3n) is 4.06. The summed E-state index contributed by atoms with van der Waals surface area (Å²) in [5, 5.41) is 19.7. The molecule has 3 N–H and O–H groups in total. The van der Waals surface area contributed by atoms with Gasteiger partial charge in [0.15, 0.2) is 0 Å². The highest BCUT2D eigenvalue weighted by molar-refractivity contribution is 5.96. The molecule has 2 rings (SSSR count). The first kappa shape index (κ1) is 17.4. The molecule has 2 unspecified atom stereocenters. The second-order valence-corrected chi connectivity index (χ2v) is 5.58. The van der Waals surface area contributed by atoms with Crippen molar-refractivity contribution in [2.45, 2.75) is 25.7 Å². The molecule has 0 saturated heterocycles. The smallest absolute Gasteiger partial charge is 0.307 e. The van der Waals surface area contributed by atoms with E-state index in [2.05, 4.69) is 10.9 Å². The summed E-state index contributed by atoms with van der Waals surface area (Å²) in [6.45, 7) is 0. The Morgan fingerprint density at radius 2 is 1.62 bits per heavy atom. The Balaban J connectivity index is 1.94. The summed E-state index contributed by atoms with van der Waals surface area (Å²) in [5.74, 6) is -3.64. The lowest BCUT2D eigenvalue weighted by Gasteiger charge is -2.27. The lowest BCUT2D eigenvalue weighted by Crippen LogP contribution is -2.47. The number of hydrazine groups is 1. The zero-order chi connectivity index (χ0) is 17.7. The summed E-state index contributed by atoms with van der Waals surface area (Å²) in [4.78, 5) is 45.2. The van der Waals surface area contributed by atoms with Crippen LogP contribution in [0.3, 0.4) is 0 Å². The van der Waals surface area contributed by atoms with Crippen LogP contribution in [0, 0.1) is 22.0 Å². The molecule has 1 aliphatic rings. The predicted octanol–water partition coefficient (Wildman–Crippen LogP) is 1.25. The van der Waals surface area contributed by atoms with Crippen molar-refractivity contribution < 1.29 is 24.4 Å². The van der Waals surface area contributed by atoms with Crippen LogP contribution in [0.25, 0.3) is 0 Å². The summed E-state index contributed by atoms with van der Waals surface area (Å²) >= 11 is 0. The number of carbonyl (C=O) groups is 3. The van der Waals surface area contributed by atoms with Crippen molar-refractivity contribution >= 4 is 23.5 Å². The van der Waals surface area contributed by atoms with Gasteiger partial charge in [0.25, 0.3) is 11.6 Å². The number of aliphatic carboxylic acids is 1. The zero-order valence-corrected chi connectivity index (χ0v) is 12.7. The van der Waals surface area contributed by atoms with Crippen molar-refractivity contribution in [2.75, 3.05) is 0 Å². The fraction of sp³-hybridized carbons (Fsp3) is 0.400. The van der Waals surface area contributed by atoms with E-state index in [4.69, 9.17) is 5.11 Å². The van der Waals surface area contributed by atoms with Crippen LogP contribution < -0.4 is 10.9 Å². The van der Waals surface area contributed by atoms with E-state index in [0.29, 0.717) is 12.8 Å². The van der Waals surface area contributed by atoms with Gasteiger partial charge < -0.3 is 5.11 Å². The molecule has 1 aromatic rings. The minimum absolute atomic E-state index is 0.138. The van der Waals surface area contributed by atoms with E-state index in [1.807, 2.05) is 0 Å². The van der Waals surface area contributed by atoms with Crippen LogP contribution in [0.5, 0.6) is 0 Å². The minimum Gasteiger partial charge on any atom is -0.481 e. The Kier molecular flexibility index (Phi) is 5.46. The first-order valence-electron chi connectivity index (χ1n) is 7.47. The number of rotatable bonds is 4. The first-order valence-corrected chi connectivity index (χ1v) is 7.47. The van der Waals surface area contributed by atoms with Crippen molar-refractivity contribution in [1.82, 2.24) is 10.9 Å². The van der Waals surface area contributed by atoms with E-state index in [1.165, 1.54) is 24.3 Å². The second kappa shape index (κ2) is 7.53. The number of carbonyl (C=O) groups excluding carboxylic acids is 2. The molecule has 2 atom stereocenters. The average molecular weight is 335 g/mol. The fourth-order valence-electron chi connectivity index (χ4n) is 2.76. The van der Waals surface area contributed by atoms with Crippen LogP contribution >= 0.6 is 0 Å². The molecular weight excluding hydrogens is 318 g/mol. The minimum atomic E-state index is -1.02. The molecule has 0 bridgehead atoms. The normalized spacial score (nSPS) is 20.0. The van der Waals surface area contributed by atoms with Crippen LogP contribution in [0.1, 0.15) is 36.0 Å². The van der Waals surface area contributed by atoms with Gasteiger partial charge in [-0.05, 0) is 25.0 Å². The summed E-state index contributed by atoms with van der Waals surface area (Å²) < 4.78 is 0. The van der Waals surface area contributed by atoms with E-state index in [1.54, 1.807) is 0 Å². The molecular formula is C15H17N3O6. The molecule has 2 amide bonds. The van der Waals surface area contributed by atoms with Gasteiger partial charge in [0.05, 0.1) is 16.8 Å². The highest BCUT2D eigenvalue weighted by Crippen LogP contribution is 2.30. The van der Waals surface area contributed by atoms with Crippen molar-refractivity contribution in [3.05, 3.63) is 39.9 Å². The van der Waals surface area contributed by atoms with Crippen molar-refractivity contribution in [3.8, 4) is 0 Å². The van der Waals surface area contributed by atoms with E-state index < -0.39 is 34.5 Å². The van der Waals surface area contributed by atoms with E-state index >= 15 is 0 Å². The maximum atomic E-state index is 12.1. The summed E-state index contributed by atoms with van der Waals surface area (Å²) in [5.41, 5.74) is 4.43. The highest BCUT2D eigenvalue weighted by atomic mass is 16.6. The predicted molar refractivity (Wildman–Crippen MR) is 81.8 cm³/mol. The number of non-ortho nitro benzene ring substituents is 1. The Bertz CT molecular complexity index is 658. The van der Waals surface area contributed by atoms with Gasteiger partial charge in [-0.1, -0.05) is 12.8 Å². The van der Waals surface area contributed by atoms with Crippen molar-refractivity contribution in [1.29, 1.82) is 0 Å². The molecule has 24 heavy (non-hydrogen) atoms. The van der Waals surface area contributed by atoms with Gasteiger partial charge in [0, 0.05) is 17.7 Å². The monoisotopic (exact) mass is 335 g/mol. The van der Waals surface area contributed by atoms with Crippen LogP contribution in [0.15, 0.2) is 24.3 Å². The molecule has 0 radical (unpaired) electrons.